The van der Waals surface area contributed by atoms with Crippen LogP contribution < -0.4 is 0 Å². The Balaban J connectivity index is -0.0000000910. The van der Waals surface area contributed by atoms with Gasteiger partial charge in [-0.15, -0.1) is 316 Å². The number of carboxylic acid groups (broad SMARTS) is 1. The first-order valence-corrected chi connectivity index (χ1v) is 33.6. The van der Waals surface area contributed by atoms with E-state index in [0.717, 1.165) is 36.5 Å². The topological polar surface area (TPSA) is 381 Å². The highest BCUT2D eigenvalue weighted by Crippen LogP contribution is 2.44. The number of hydrogen-bond donors (Lipinski definition) is 1. The van der Waals surface area contributed by atoms with Gasteiger partial charge in [0.05, 0.1) is 39.3 Å². The van der Waals surface area contributed by atoms with Crippen LogP contribution in [0.4, 0.5) is 0 Å². The van der Waals surface area contributed by atoms with Gasteiger partial charge in [-0.05, 0) is 145 Å². The number of ether oxygens (including phenoxy) is 2. The molecule has 0 aromatic heterocycles. The smallest absolute Gasteiger partial charge is 0.306 e. The Hall–Kier alpha value is -11.4. The van der Waals surface area contributed by atoms with Crippen LogP contribution in [-0.2, 0) is 169 Å². The summed E-state index contributed by atoms with van der Waals surface area (Å²) in [5.74, 6) is -6.41. The van der Waals surface area contributed by atoms with E-state index in [-0.39, 0.29) is 56.3 Å². The summed E-state index contributed by atoms with van der Waals surface area (Å²) in [5.41, 5.74) is 2.27. The number of aliphatic carboxylic acids is 1. The quantitative estimate of drug-likeness (QED) is 0.0211. The second-order valence-electron chi connectivity index (χ2n) is 15.5. The molecule has 0 fully saturated rings. The van der Waals surface area contributed by atoms with E-state index in [1.807, 2.05) is 48.5 Å². The molecule has 0 saturated carbocycles. The van der Waals surface area contributed by atoms with E-state index in [4.69, 9.17) is 24.4 Å². The zero-order valence-corrected chi connectivity index (χ0v) is 74.2. The van der Waals surface area contributed by atoms with Crippen molar-refractivity contribution >= 4 is 35.3 Å². The van der Waals surface area contributed by atoms with Gasteiger partial charge < -0.3 is 14.6 Å². The molecule has 1 N–H and O–H groups in total. The van der Waals surface area contributed by atoms with E-state index in [0.29, 0.717) is 0 Å². The molecule has 3 rings (SSSR count). The lowest BCUT2D eigenvalue weighted by Crippen LogP contribution is -2.40. The van der Waals surface area contributed by atoms with Crippen LogP contribution in [0.5, 0.6) is 0 Å². The van der Waals surface area contributed by atoms with Crippen LogP contribution >= 0.6 is 0 Å². The molecule has 2 unspecified atom stereocenters. The van der Waals surface area contributed by atoms with Crippen molar-refractivity contribution in [2.45, 2.75) is 78.1 Å². The number of Topliss-reactive ketones (excluding diaryl/α,β-unsaturated/α-hetero) is 3. The third kappa shape index (κ3) is 126. The molecule has 0 saturated heterocycles. The number of rotatable bonds is 48. The molecule has 710 valence electrons. The molecule has 2 aromatic carbocycles. The summed E-state index contributed by atoms with van der Waals surface area (Å²) < 4.78 is 11.0. The average molecular weight is 1770 g/mol. The molecule has 35 heteroatoms. The second-order valence-corrected chi connectivity index (χ2v) is 15.5. The molecule has 0 spiro atoms. The Morgan fingerprint density at radius 1 is 0.325 bits per heavy atom. The van der Waals surface area contributed by atoms with Crippen LogP contribution in [0.3, 0.4) is 0 Å². The number of carbonyl (C=O) groups excluding carboxylic acids is 5. The third-order valence-electron chi connectivity index (χ3n) is 10.1. The largest absolute Gasteiger partial charge is 0.481 e. The Morgan fingerprint density at radius 2 is 0.602 bits per heavy atom. The first-order chi connectivity index (χ1) is 60.3. The van der Waals surface area contributed by atoms with Crippen molar-refractivity contribution in [2.24, 2.45) is 23.2 Å². The summed E-state index contributed by atoms with van der Waals surface area (Å²) in [5, 5.41) is 93.6. The van der Waals surface area contributed by atoms with Crippen LogP contribution in [0.1, 0.15) is 89.2 Å². The summed E-state index contributed by atoms with van der Waals surface area (Å²) in [4.78, 5) is 95.2. The van der Waals surface area contributed by atoms with Gasteiger partial charge in [0.25, 0.3) is 0 Å². The zero-order chi connectivity index (χ0) is 103. The minimum absolute atomic E-state index is 0.0670. The van der Waals surface area contributed by atoms with Gasteiger partial charge in [0, 0.05) is 56.3 Å². The number of hydrogen-bond acceptors (Lipinski definition) is 34. The van der Waals surface area contributed by atoms with Crippen molar-refractivity contribution in [3.05, 3.63) is 375 Å². The van der Waals surface area contributed by atoms with Crippen molar-refractivity contribution in [1.82, 2.24) is 0 Å². The van der Waals surface area contributed by atoms with E-state index >= 15 is 0 Å². The minimum Gasteiger partial charge on any atom is -0.481 e. The van der Waals surface area contributed by atoms with Gasteiger partial charge in [-0.2, -0.15) is 0 Å². The number of fused-ring (bicyclic) bond motifs is 3. The lowest BCUT2D eigenvalue weighted by Gasteiger charge is -2.30. The molecule has 1 aliphatic carbocycles. The molecule has 2 aromatic rings. The first kappa shape index (κ1) is 170. The second kappa shape index (κ2) is 186. The van der Waals surface area contributed by atoms with Crippen molar-refractivity contribution in [3.63, 3.8) is 0 Å². The van der Waals surface area contributed by atoms with Crippen molar-refractivity contribution in [2.75, 3.05) is 40.6 Å². The highest BCUT2D eigenvalue weighted by molar-refractivity contribution is 5.92. The Morgan fingerprint density at radius 3 is 0.878 bits per heavy atom. The molecule has 0 amide bonds. The Labute approximate surface area is 734 Å². The molecular formula is C88H148O35. The van der Waals surface area contributed by atoms with Gasteiger partial charge in [0.2, 0.25) is 0 Å². The van der Waals surface area contributed by atoms with Crippen LogP contribution in [0, 0.1) is 23.2 Å². The van der Waals surface area contributed by atoms with E-state index in [1.54, 1.807) is 13.8 Å². The van der Waals surface area contributed by atoms with Crippen molar-refractivity contribution in [1.29, 1.82) is 0 Å². The Bertz CT molecular complexity index is 2230. The Kier molecular flexibility index (Phi) is 257. The van der Waals surface area contributed by atoms with Crippen LogP contribution in [0.2, 0.25) is 0 Å². The van der Waals surface area contributed by atoms with E-state index < -0.39 is 85.8 Å². The normalized spacial score (nSPS) is 8.76. The maximum atomic E-state index is 13.6. The fraction of sp³-hybridized carbons (Fsp3) is 0.250. The lowest BCUT2D eigenvalue weighted by molar-refractivity contribution is -0.870. The minimum atomic E-state index is -1.89. The van der Waals surface area contributed by atoms with Crippen LogP contribution in [0.25, 0.3) is 11.1 Å². The summed E-state index contributed by atoms with van der Waals surface area (Å²) in [6.07, 6.45) is -2.92. The summed E-state index contributed by atoms with van der Waals surface area (Å²) in [6, 6.07) is 15.7. The van der Waals surface area contributed by atoms with Crippen molar-refractivity contribution in [3.8, 4) is 11.1 Å². The van der Waals surface area contributed by atoms with Gasteiger partial charge in [0.15, 0.2) is 0 Å². The van der Waals surface area contributed by atoms with Gasteiger partial charge in [0.1, 0.15) is 30.6 Å². The molecule has 123 heavy (non-hydrogen) atoms. The molecule has 0 aliphatic heterocycles. The summed E-state index contributed by atoms with van der Waals surface area (Å²) in [7, 11) is 2.11. The predicted molar refractivity (Wildman–Crippen MR) is 485 cm³/mol. The van der Waals surface area contributed by atoms with Crippen LogP contribution in [-0.4, -0.2) is 81.0 Å². The number of carboxylic acids is 1. The van der Waals surface area contributed by atoms with Gasteiger partial charge in [-0.25, -0.2) is 19.6 Å². The van der Waals surface area contributed by atoms with E-state index in [2.05, 4.69) is 436 Å². The van der Waals surface area contributed by atoms with Crippen molar-refractivity contribution < 1.29 is 174 Å². The number of benzene rings is 2. The fourth-order valence-corrected chi connectivity index (χ4v) is 6.72. The highest BCUT2D eigenvalue weighted by atomic mass is 18.0. The monoisotopic (exact) mass is 1760 g/mol. The number of ketones is 3. The van der Waals surface area contributed by atoms with Gasteiger partial charge in [-0.1, -0.05) is 69.3 Å². The lowest BCUT2D eigenvalue weighted by atomic mass is 9.82. The SMILES string of the molecule is C=C.C=C.C=C.C=C.C=C.C=C.C=C.C=C.C=C.C=C.C=C.C=C.C=C.C=C.C=C.C=C.C=C.C=C.C=C.C=C.C=C.C=C.C=C.C=C.COOOOOOOOOOOOOCC(COOOOOOOOOOOOOC)(COC(=O)CCCC(=O)O)CC(=O)CCC(=O)C(C)CC(=O)C(CC(=O)OCC1c2ccccc2-c2ccccc21)C(C)C. The van der Waals surface area contributed by atoms with E-state index in [9.17, 15) is 28.8 Å². The molecule has 0 heterocycles. The number of esters is 2. The molecule has 2 atom stereocenters. The van der Waals surface area contributed by atoms with E-state index in [1.165, 1.54) is 6.92 Å². The first-order valence-electron chi connectivity index (χ1n) is 33.6. The summed E-state index contributed by atoms with van der Waals surface area (Å²) in [6.45, 7) is 147. The highest BCUT2D eigenvalue weighted by Gasteiger charge is 2.38. The van der Waals surface area contributed by atoms with Gasteiger partial charge >= 0.3 is 17.9 Å². The predicted octanol–water partition coefficient (Wildman–Crippen LogP) is 23.6. The number of carbonyl (C=O) groups is 6. The maximum absolute atomic E-state index is 13.6. The third-order valence-corrected chi connectivity index (χ3v) is 10.1. The molecular weight excluding hydrogens is 1620 g/mol. The van der Waals surface area contributed by atoms with Crippen LogP contribution in [0.15, 0.2) is 364 Å². The summed E-state index contributed by atoms with van der Waals surface area (Å²) >= 11 is 0. The van der Waals surface area contributed by atoms with Gasteiger partial charge in [-0.3, -0.25) is 28.8 Å². The fourth-order valence-electron chi connectivity index (χ4n) is 6.72. The molecule has 1 aliphatic rings. The zero-order valence-electron chi connectivity index (χ0n) is 74.2. The maximum Gasteiger partial charge on any atom is 0.306 e. The molecule has 35 nitrogen and oxygen atoms in total. The molecule has 0 radical (unpaired) electrons. The standard InChI is InChI=1S/C40H52O35.24C2H4/c1-26(2)33(20-39(47)50-22-34-31-13-8-6-11-29(31)30-12-7-9-14-32(30)34)36(43)19-27(3)35(42)18-17-28(41)21-40(23-51-38(46)16-10-15-37(44)45,24-52-56-60-64-68-72-74-70-66-62-58-54-48-4)25-53-57-61-65-69-73-75-71-67-63-59-55-49-5;24*1-2/h6-9,11-14,26-27,33-34H,10,15-25H2,1-5H3,(H,44,45);24*1-2H2. The average Bonchev–Trinajstić information content (AvgIpc) is 1.62. The molecule has 0 bridgehead atoms.